The molecule has 7 heteroatoms. The van der Waals surface area contributed by atoms with Gasteiger partial charge in [-0.1, -0.05) is 24.3 Å². The van der Waals surface area contributed by atoms with Gasteiger partial charge < -0.3 is 5.32 Å². The summed E-state index contributed by atoms with van der Waals surface area (Å²) in [5.74, 6) is -1.46. The average Bonchev–Trinajstić information content (AvgIpc) is 2.86. The lowest BCUT2D eigenvalue weighted by molar-refractivity contribution is -0.127. The molecule has 1 heterocycles. The monoisotopic (exact) mass is 384 g/mol. The van der Waals surface area contributed by atoms with Crippen LogP contribution in [0.3, 0.4) is 0 Å². The molecule has 0 bridgehead atoms. The second-order valence-electron chi connectivity index (χ2n) is 6.12. The third-order valence-electron chi connectivity index (χ3n) is 4.20. The molecule has 0 atom stereocenters. The highest BCUT2D eigenvalue weighted by atomic mass is 32.2. The van der Waals surface area contributed by atoms with E-state index in [0.29, 0.717) is 11.3 Å². The van der Waals surface area contributed by atoms with Gasteiger partial charge in [0.2, 0.25) is 5.91 Å². The van der Waals surface area contributed by atoms with E-state index in [-0.39, 0.29) is 11.4 Å². The maximum atomic E-state index is 13.3. The summed E-state index contributed by atoms with van der Waals surface area (Å²) in [7, 11) is 0. The Labute approximate surface area is 160 Å². The summed E-state index contributed by atoms with van der Waals surface area (Å²) in [5.41, 5.74) is 3.06. The van der Waals surface area contributed by atoms with Gasteiger partial charge in [0.1, 0.15) is 12.4 Å². The predicted molar refractivity (Wildman–Crippen MR) is 104 cm³/mol. The van der Waals surface area contributed by atoms with Crippen molar-refractivity contribution >= 4 is 40.6 Å². The smallest absolute Gasteiger partial charge is 0.294 e. The molecule has 3 amide bonds. The minimum Gasteiger partial charge on any atom is -0.324 e. The van der Waals surface area contributed by atoms with Crippen LogP contribution in [0.25, 0.3) is 6.08 Å². The maximum Gasteiger partial charge on any atom is 0.294 e. The first-order valence-corrected chi connectivity index (χ1v) is 9.04. The van der Waals surface area contributed by atoms with E-state index in [9.17, 15) is 18.8 Å². The van der Waals surface area contributed by atoms with E-state index < -0.39 is 22.9 Å². The van der Waals surface area contributed by atoms with Crippen LogP contribution in [0.5, 0.6) is 0 Å². The SMILES string of the molecule is Cc1cccc(NC(=O)CN2C(=O)S/C(=C/c3cccc(F)c3)C2=O)c1C. The highest BCUT2D eigenvalue weighted by Crippen LogP contribution is 2.32. The van der Waals surface area contributed by atoms with Crippen molar-refractivity contribution in [3.05, 3.63) is 69.9 Å². The second kappa shape index (κ2) is 7.75. The molecule has 27 heavy (non-hydrogen) atoms. The Kier molecular flexibility index (Phi) is 5.41. The Morgan fingerprint density at radius 1 is 1.19 bits per heavy atom. The summed E-state index contributed by atoms with van der Waals surface area (Å²) in [6.07, 6.45) is 1.44. The summed E-state index contributed by atoms with van der Waals surface area (Å²) in [4.78, 5) is 37.9. The predicted octanol–water partition coefficient (Wildman–Crippen LogP) is 4.12. The number of thioether (sulfide) groups is 1. The number of hydrogen-bond acceptors (Lipinski definition) is 4. The van der Waals surface area contributed by atoms with Gasteiger partial charge in [-0.05, 0) is 66.6 Å². The number of hydrogen-bond donors (Lipinski definition) is 1. The van der Waals surface area contributed by atoms with Crippen molar-refractivity contribution in [1.82, 2.24) is 4.90 Å². The van der Waals surface area contributed by atoms with Crippen molar-refractivity contribution in [2.45, 2.75) is 13.8 Å². The van der Waals surface area contributed by atoms with E-state index in [2.05, 4.69) is 5.32 Å². The van der Waals surface area contributed by atoms with Gasteiger partial charge in [-0.2, -0.15) is 0 Å². The number of imide groups is 1. The van der Waals surface area contributed by atoms with Gasteiger partial charge in [-0.15, -0.1) is 0 Å². The highest BCUT2D eigenvalue weighted by Gasteiger charge is 2.36. The zero-order valence-corrected chi connectivity index (χ0v) is 15.6. The molecule has 0 radical (unpaired) electrons. The molecule has 0 spiro atoms. The molecule has 0 aliphatic carbocycles. The van der Waals surface area contributed by atoms with Crippen molar-refractivity contribution in [3.63, 3.8) is 0 Å². The van der Waals surface area contributed by atoms with E-state index in [0.717, 1.165) is 27.8 Å². The number of nitrogens with zero attached hydrogens (tertiary/aromatic N) is 1. The second-order valence-corrected chi connectivity index (χ2v) is 7.11. The molecule has 5 nitrogen and oxygen atoms in total. The van der Waals surface area contributed by atoms with Crippen LogP contribution < -0.4 is 5.32 Å². The standard InChI is InChI=1S/C20H17FN2O3S/c1-12-5-3-8-16(13(12)2)22-18(24)11-23-19(25)17(27-20(23)26)10-14-6-4-7-15(21)9-14/h3-10H,11H2,1-2H3,(H,22,24)/b17-10+. The van der Waals surface area contributed by atoms with Crippen molar-refractivity contribution in [2.75, 3.05) is 11.9 Å². The molecular formula is C20H17FN2O3S. The van der Waals surface area contributed by atoms with Gasteiger partial charge >= 0.3 is 0 Å². The molecule has 0 saturated carbocycles. The maximum absolute atomic E-state index is 13.3. The normalized spacial score (nSPS) is 15.5. The van der Waals surface area contributed by atoms with Gasteiger partial charge in [0.25, 0.3) is 11.1 Å². The van der Waals surface area contributed by atoms with Crippen LogP contribution in [-0.2, 0) is 9.59 Å². The number of benzene rings is 2. The van der Waals surface area contributed by atoms with E-state index in [1.807, 2.05) is 26.0 Å². The number of nitrogens with one attached hydrogen (secondary N) is 1. The summed E-state index contributed by atoms with van der Waals surface area (Å²) in [6, 6.07) is 11.2. The summed E-state index contributed by atoms with van der Waals surface area (Å²) >= 11 is 0.732. The van der Waals surface area contributed by atoms with Gasteiger partial charge in [0.05, 0.1) is 4.91 Å². The molecule has 3 rings (SSSR count). The quantitative estimate of drug-likeness (QED) is 0.806. The third-order valence-corrected chi connectivity index (χ3v) is 5.11. The zero-order valence-electron chi connectivity index (χ0n) is 14.8. The van der Waals surface area contributed by atoms with Crippen LogP contribution in [0.1, 0.15) is 16.7 Å². The van der Waals surface area contributed by atoms with Crippen LogP contribution in [0.2, 0.25) is 0 Å². The first kappa shape index (κ1) is 18.8. The van der Waals surface area contributed by atoms with E-state index in [1.54, 1.807) is 12.1 Å². The Bertz CT molecular complexity index is 971. The van der Waals surface area contributed by atoms with Gasteiger partial charge in [0.15, 0.2) is 0 Å². The van der Waals surface area contributed by atoms with E-state index in [4.69, 9.17) is 0 Å². The van der Waals surface area contributed by atoms with Crippen LogP contribution >= 0.6 is 11.8 Å². The fraction of sp³-hybridized carbons (Fsp3) is 0.150. The number of halogens is 1. The molecular weight excluding hydrogens is 367 g/mol. The average molecular weight is 384 g/mol. The number of aryl methyl sites for hydroxylation is 1. The number of carbonyl (C=O) groups is 3. The van der Waals surface area contributed by atoms with Crippen LogP contribution in [0.15, 0.2) is 47.4 Å². The van der Waals surface area contributed by atoms with E-state index in [1.165, 1.54) is 24.3 Å². The summed E-state index contributed by atoms with van der Waals surface area (Å²) in [5, 5.41) is 2.20. The topological polar surface area (TPSA) is 66.5 Å². The molecule has 0 aromatic heterocycles. The number of anilines is 1. The van der Waals surface area contributed by atoms with Crippen LogP contribution in [0, 0.1) is 19.7 Å². The molecule has 138 valence electrons. The van der Waals surface area contributed by atoms with Gasteiger partial charge in [0, 0.05) is 5.69 Å². The lowest BCUT2D eigenvalue weighted by Crippen LogP contribution is -2.36. The summed E-state index contributed by atoms with van der Waals surface area (Å²) < 4.78 is 13.3. The minimum absolute atomic E-state index is 0.158. The molecule has 0 unspecified atom stereocenters. The third kappa shape index (κ3) is 4.25. The van der Waals surface area contributed by atoms with E-state index >= 15 is 0 Å². The fourth-order valence-electron chi connectivity index (χ4n) is 2.60. The lowest BCUT2D eigenvalue weighted by atomic mass is 10.1. The van der Waals surface area contributed by atoms with Gasteiger partial charge in [-0.25, -0.2) is 4.39 Å². The largest absolute Gasteiger partial charge is 0.324 e. The molecule has 1 aliphatic heterocycles. The molecule has 1 aliphatic rings. The zero-order chi connectivity index (χ0) is 19.6. The molecule has 2 aromatic carbocycles. The van der Waals surface area contributed by atoms with Crippen molar-refractivity contribution in [1.29, 1.82) is 0 Å². The molecule has 2 aromatic rings. The molecule has 1 saturated heterocycles. The van der Waals surface area contributed by atoms with Crippen molar-refractivity contribution in [3.8, 4) is 0 Å². The first-order chi connectivity index (χ1) is 12.8. The first-order valence-electron chi connectivity index (χ1n) is 8.22. The van der Waals surface area contributed by atoms with Crippen molar-refractivity contribution < 1.29 is 18.8 Å². The lowest BCUT2D eigenvalue weighted by Gasteiger charge is -2.14. The Hall–Kier alpha value is -2.93. The van der Waals surface area contributed by atoms with Crippen molar-refractivity contribution in [2.24, 2.45) is 0 Å². The van der Waals surface area contributed by atoms with Crippen LogP contribution in [0.4, 0.5) is 14.9 Å². The Balaban J connectivity index is 1.72. The summed E-state index contributed by atoms with van der Waals surface area (Å²) in [6.45, 7) is 3.43. The number of amides is 3. The Morgan fingerprint density at radius 3 is 2.67 bits per heavy atom. The Morgan fingerprint density at radius 2 is 1.93 bits per heavy atom. The highest BCUT2D eigenvalue weighted by molar-refractivity contribution is 8.18. The number of carbonyl (C=O) groups excluding carboxylic acids is 3. The molecule has 1 fully saturated rings. The fourth-order valence-corrected chi connectivity index (χ4v) is 3.44. The molecule has 1 N–H and O–H groups in total. The van der Waals surface area contributed by atoms with Gasteiger partial charge in [-0.3, -0.25) is 19.3 Å². The van der Waals surface area contributed by atoms with Crippen LogP contribution in [-0.4, -0.2) is 28.5 Å². The minimum atomic E-state index is -0.564. The number of rotatable bonds is 4.